The number of piperidine rings is 1. The Bertz CT molecular complexity index is 276. The molecule has 0 saturated carbocycles. The molecule has 1 fully saturated rings. The molecule has 2 nitrogen and oxygen atoms in total. The van der Waals surface area contributed by atoms with Crippen molar-refractivity contribution in [2.45, 2.75) is 52.1 Å². The molecule has 0 radical (unpaired) electrons. The van der Waals surface area contributed by atoms with E-state index in [0.717, 1.165) is 6.42 Å². The molecule has 2 rings (SSSR count). The Kier molecular flexibility index (Phi) is 2.62. The van der Waals surface area contributed by atoms with E-state index in [0.29, 0.717) is 12.1 Å². The number of hydrogen-bond donors (Lipinski definition) is 0. The fourth-order valence-corrected chi connectivity index (χ4v) is 2.33. The quantitative estimate of drug-likeness (QED) is 0.623. The highest BCUT2D eigenvalue weighted by molar-refractivity contribution is 6.00. The largest absolute Gasteiger partial charge is 0.368 e. The summed E-state index contributed by atoms with van der Waals surface area (Å²) in [5, 5.41) is 0. The fraction of sp³-hybridized carbons (Fsp3) is 0.750. The van der Waals surface area contributed by atoms with Gasteiger partial charge in [0.1, 0.15) is 0 Å². The molecule has 14 heavy (non-hydrogen) atoms. The second-order valence-electron chi connectivity index (χ2n) is 4.64. The molecule has 1 atom stereocenters. The van der Waals surface area contributed by atoms with Crippen molar-refractivity contribution < 1.29 is 0 Å². The summed E-state index contributed by atoms with van der Waals surface area (Å²) >= 11 is 0. The van der Waals surface area contributed by atoms with Crippen molar-refractivity contribution in [3.8, 4) is 0 Å². The van der Waals surface area contributed by atoms with Gasteiger partial charge in [-0.05, 0) is 40.0 Å². The van der Waals surface area contributed by atoms with Gasteiger partial charge in [0.15, 0.2) is 0 Å². The number of hydrogen-bond acceptors (Lipinski definition) is 2. The zero-order valence-electron chi connectivity index (χ0n) is 9.45. The Morgan fingerprint density at radius 3 is 3.00 bits per heavy atom. The van der Waals surface area contributed by atoms with Crippen molar-refractivity contribution >= 4 is 5.71 Å². The van der Waals surface area contributed by atoms with Crippen molar-refractivity contribution in [3.05, 3.63) is 11.8 Å². The average molecular weight is 192 g/mol. The summed E-state index contributed by atoms with van der Waals surface area (Å²) in [7, 11) is 0. The molecular formula is C12H20N2. The van der Waals surface area contributed by atoms with Crippen LogP contribution in [0.4, 0.5) is 0 Å². The van der Waals surface area contributed by atoms with Crippen LogP contribution in [0.2, 0.25) is 0 Å². The first-order valence-electron chi connectivity index (χ1n) is 5.72. The average Bonchev–Trinajstić information content (AvgIpc) is 2.16. The lowest BCUT2D eigenvalue weighted by molar-refractivity contribution is 0.279. The van der Waals surface area contributed by atoms with Gasteiger partial charge in [0, 0.05) is 12.6 Å². The molecule has 2 heteroatoms. The van der Waals surface area contributed by atoms with E-state index in [2.05, 4.69) is 31.7 Å². The fourth-order valence-electron chi connectivity index (χ4n) is 2.33. The van der Waals surface area contributed by atoms with Crippen LogP contribution in [0, 0.1) is 0 Å². The lowest BCUT2D eigenvalue weighted by Crippen LogP contribution is -2.39. The van der Waals surface area contributed by atoms with Gasteiger partial charge in [0.05, 0.1) is 17.5 Å². The Hall–Kier alpha value is -0.790. The van der Waals surface area contributed by atoms with Crippen molar-refractivity contribution in [1.82, 2.24) is 4.90 Å². The number of rotatable bonds is 1. The molecule has 2 heterocycles. The Balaban J connectivity index is 2.22. The zero-order chi connectivity index (χ0) is 10.1. The van der Waals surface area contributed by atoms with E-state index in [1.165, 1.54) is 30.8 Å². The van der Waals surface area contributed by atoms with Gasteiger partial charge in [-0.2, -0.15) is 0 Å². The highest BCUT2D eigenvalue weighted by Crippen LogP contribution is 2.25. The van der Waals surface area contributed by atoms with E-state index in [9.17, 15) is 0 Å². The highest BCUT2D eigenvalue weighted by atomic mass is 15.2. The minimum atomic E-state index is 0.501. The van der Waals surface area contributed by atoms with E-state index >= 15 is 0 Å². The first-order valence-corrected chi connectivity index (χ1v) is 5.72. The number of dihydropyridines is 1. The van der Waals surface area contributed by atoms with Gasteiger partial charge < -0.3 is 4.90 Å². The predicted octanol–water partition coefficient (Wildman–Crippen LogP) is 2.61. The van der Waals surface area contributed by atoms with Crippen LogP contribution in [0.25, 0.3) is 0 Å². The third kappa shape index (κ3) is 1.70. The zero-order valence-corrected chi connectivity index (χ0v) is 9.45. The second-order valence-corrected chi connectivity index (χ2v) is 4.64. The summed E-state index contributed by atoms with van der Waals surface area (Å²) in [6, 6.07) is 1.11. The number of nitrogens with zero attached hydrogens (tertiary/aromatic N) is 2. The SMILES string of the molecule is CC1CC=C2C(=N1)CCCN2C(C)C. The van der Waals surface area contributed by atoms with Crippen LogP contribution >= 0.6 is 0 Å². The number of aliphatic imine (C=N–C) groups is 1. The predicted molar refractivity (Wildman–Crippen MR) is 60.7 cm³/mol. The molecule has 2 aliphatic rings. The van der Waals surface area contributed by atoms with Crippen LogP contribution in [0.5, 0.6) is 0 Å². The van der Waals surface area contributed by atoms with Crippen LogP contribution in [-0.4, -0.2) is 29.2 Å². The van der Waals surface area contributed by atoms with E-state index in [1.54, 1.807) is 0 Å². The van der Waals surface area contributed by atoms with Gasteiger partial charge in [-0.1, -0.05) is 6.08 Å². The minimum absolute atomic E-state index is 0.501. The molecule has 2 aliphatic heterocycles. The number of fused-ring (bicyclic) bond motifs is 1. The molecule has 1 unspecified atom stereocenters. The smallest absolute Gasteiger partial charge is 0.0582 e. The summed E-state index contributed by atoms with van der Waals surface area (Å²) < 4.78 is 0. The molecule has 0 aromatic heterocycles. The topological polar surface area (TPSA) is 15.6 Å². The summed E-state index contributed by atoms with van der Waals surface area (Å²) in [6.45, 7) is 7.94. The van der Waals surface area contributed by atoms with E-state index < -0.39 is 0 Å². The molecular weight excluding hydrogens is 172 g/mol. The molecule has 1 saturated heterocycles. The Labute approximate surface area is 86.7 Å². The third-order valence-electron chi connectivity index (χ3n) is 3.07. The lowest BCUT2D eigenvalue weighted by atomic mass is 9.98. The first-order chi connectivity index (χ1) is 6.68. The van der Waals surface area contributed by atoms with Gasteiger partial charge in [0.2, 0.25) is 0 Å². The van der Waals surface area contributed by atoms with Crippen molar-refractivity contribution in [2.75, 3.05) is 6.54 Å². The molecule has 0 spiro atoms. The van der Waals surface area contributed by atoms with Crippen molar-refractivity contribution in [1.29, 1.82) is 0 Å². The van der Waals surface area contributed by atoms with Crippen molar-refractivity contribution in [3.63, 3.8) is 0 Å². The molecule has 0 bridgehead atoms. The Morgan fingerprint density at radius 1 is 1.50 bits per heavy atom. The highest BCUT2D eigenvalue weighted by Gasteiger charge is 2.25. The van der Waals surface area contributed by atoms with Crippen LogP contribution in [0.15, 0.2) is 16.8 Å². The summed E-state index contributed by atoms with van der Waals surface area (Å²) in [5.41, 5.74) is 2.77. The van der Waals surface area contributed by atoms with E-state index in [1.807, 2.05) is 0 Å². The molecule has 0 aromatic carbocycles. The van der Waals surface area contributed by atoms with Gasteiger partial charge in [0.25, 0.3) is 0 Å². The number of likely N-dealkylation sites (tertiary alicyclic amines) is 1. The third-order valence-corrected chi connectivity index (χ3v) is 3.07. The molecule has 0 aliphatic carbocycles. The molecule has 0 aromatic rings. The maximum Gasteiger partial charge on any atom is 0.0582 e. The van der Waals surface area contributed by atoms with Crippen LogP contribution < -0.4 is 0 Å². The Morgan fingerprint density at radius 2 is 2.29 bits per heavy atom. The lowest BCUT2D eigenvalue weighted by Gasteiger charge is -2.38. The minimum Gasteiger partial charge on any atom is -0.368 e. The molecule has 78 valence electrons. The van der Waals surface area contributed by atoms with Gasteiger partial charge >= 0.3 is 0 Å². The van der Waals surface area contributed by atoms with E-state index in [4.69, 9.17) is 4.99 Å². The van der Waals surface area contributed by atoms with E-state index in [-0.39, 0.29) is 0 Å². The maximum atomic E-state index is 4.74. The van der Waals surface area contributed by atoms with Crippen LogP contribution in [0.1, 0.15) is 40.0 Å². The monoisotopic (exact) mass is 192 g/mol. The van der Waals surface area contributed by atoms with Gasteiger partial charge in [-0.3, -0.25) is 4.99 Å². The summed E-state index contributed by atoms with van der Waals surface area (Å²) in [4.78, 5) is 7.24. The standard InChI is InChI=1S/C12H20N2/c1-9(2)14-8-4-5-11-12(14)7-6-10(3)13-11/h7,9-10H,4-6,8H2,1-3H3. The van der Waals surface area contributed by atoms with Crippen LogP contribution in [0.3, 0.4) is 0 Å². The molecule has 0 N–H and O–H groups in total. The first kappa shape index (κ1) is 9.75. The molecule has 0 amide bonds. The summed E-state index contributed by atoms with van der Waals surface area (Å²) in [5.74, 6) is 0. The van der Waals surface area contributed by atoms with Crippen LogP contribution in [-0.2, 0) is 0 Å². The van der Waals surface area contributed by atoms with Crippen molar-refractivity contribution in [2.24, 2.45) is 4.99 Å². The van der Waals surface area contributed by atoms with Gasteiger partial charge in [-0.15, -0.1) is 0 Å². The van der Waals surface area contributed by atoms with Gasteiger partial charge in [-0.25, -0.2) is 0 Å². The number of allylic oxidation sites excluding steroid dienone is 1. The summed E-state index contributed by atoms with van der Waals surface area (Å²) in [6.07, 6.45) is 5.94. The maximum absolute atomic E-state index is 4.74. The normalized spacial score (nSPS) is 27.1. The second kappa shape index (κ2) is 3.76.